The SMILES string of the molecule is CC1(C)C[C@](C)(O)N(Cc2ccccc2)C(=S)N1. The number of thiocarbonyl (C=S) groups is 1. The zero-order valence-corrected chi connectivity index (χ0v) is 11.9. The summed E-state index contributed by atoms with van der Waals surface area (Å²) in [7, 11) is 0. The Kier molecular flexibility index (Phi) is 3.34. The van der Waals surface area contributed by atoms with Crippen LogP contribution in [0, 0.1) is 0 Å². The van der Waals surface area contributed by atoms with Crippen LogP contribution in [0.3, 0.4) is 0 Å². The summed E-state index contributed by atoms with van der Waals surface area (Å²) in [5.74, 6) is 0. The minimum Gasteiger partial charge on any atom is -0.371 e. The zero-order chi connectivity index (χ0) is 13.4. The topological polar surface area (TPSA) is 35.5 Å². The lowest BCUT2D eigenvalue weighted by Gasteiger charge is -2.49. The first-order valence-corrected chi connectivity index (χ1v) is 6.57. The van der Waals surface area contributed by atoms with Gasteiger partial charge in [0.05, 0.1) is 0 Å². The van der Waals surface area contributed by atoms with Crippen molar-refractivity contribution >= 4 is 17.3 Å². The van der Waals surface area contributed by atoms with Crippen molar-refractivity contribution in [1.29, 1.82) is 0 Å². The molecule has 1 aliphatic rings. The molecule has 1 aromatic rings. The van der Waals surface area contributed by atoms with E-state index in [2.05, 4.69) is 5.32 Å². The van der Waals surface area contributed by atoms with Gasteiger partial charge in [0.2, 0.25) is 0 Å². The molecule has 1 aliphatic heterocycles. The third kappa shape index (κ3) is 2.82. The Balaban J connectivity index is 2.20. The lowest BCUT2D eigenvalue weighted by Crippen LogP contribution is -2.65. The normalized spacial score (nSPS) is 26.9. The summed E-state index contributed by atoms with van der Waals surface area (Å²) in [6.07, 6.45) is 0.632. The Morgan fingerprint density at radius 3 is 2.44 bits per heavy atom. The first kappa shape index (κ1) is 13.3. The van der Waals surface area contributed by atoms with Gasteiger partial charge in [-0.25, -0.2) is 0 Å². The van der Waals surface area contributed by atoms with Crippen molar-refractivity contribution in [2.24, 2.45) is 0 Å². The van der Waals surface area contributed by atoms with Crippen LogP contribution in [0.5, 0.6) is 0 Å². The van der Waals surface area contributed by atoms with Gasteiger partial charge in [0.25, 0.3) is 0 Å². The highest BCUT2D eigenvalue weighted by molar-refractivity contribution is 7.80. The van der Waals surface area contributed by atoms with Crippen LogP contribution < -0.4 is 5.32 Å². The molecule has 0 aromatic heterocycles. The standard InChI is InChI=1S/C14H20N2OS/c1-13(2)10-14(3,17)16(12(18)15-13)9-11-7-5-4-6-8-11/h4-8,17H,9-10H2,1-3H3,(H,15,18)/t14-/m0/s1. The maximum atomic E-state index is 10.6. The molecular formula is C14H20N2OS. The van der Waals surface area contributed by atoms with Crippen molar-refractivity contribution < 1.29 is 5.11 Å². The van der Waals surface area contributed by atoms with Gasteiger partial charge in [0, 0.05) is 18.5 Å². The van der Waals surface area contributed by atoms with E-state index in [1.165, 1.54) is 0 Å². The molecule has 1 heterocycles. The molecule has 1 atom stereocenters. The summed E-state index contributed by atoms with van der Waals surface area (Å²) in [4.78, 5) is 1.85. The Labute approximate surface area is 114 Å². The van der Waals surface area contributed by atoms with Crippen LogP contribution in [0.1, 0.15) is 32.8 Å². The van der Waals surface area contributed by atoms with E-state index in [-0.39, 0.29) is 5.54 Å². The summed E-state index contributed by atoms with van der Waals surface area (Å²) in [5.41, 5.74) is 0.0525. The molecule has 2 rings (SSSR count). The predicted octanol–water partition coefficient (Wildman–Crippen LogP) is 2.25. The first-order chi connectivity index (χ1) is 8.30. The maximum absolute atomic E-state index is 10.6. The van der Waals surface area contributed by atoms with Crippen LogP contribution in [-0.2, 0) is 6.54 Å². The van der Waals surface area contributed by atoms with Gasteiger partial charge in [0.15, 0.2) is 5.11 Å². The second-order valence-electron chi connectivity index (χ2n) is 5.78. The third-order valence-electron chi connectivity index (χ3n) is 3.23. The molecule has 18 heavy (non-hydrogen) atoms. The minimum atomic E-state index is -0.915. The number of nitrogens with one attached hydrogen (secondary N) is 1. The van der Waals surface area contributed by atoms with E-state index in [1.807, 2.05) is 56.0 Å². The monoisotopic (exact) mass is 264 g/mol. The highest BCUT2D eigenvalue weighted by Gasteiger charge is 2.42. The summed E-state index contributed by atoms with van der Waals surface area (Å²) < 4.78 is 0. The van der Waals surface area contributed by atoms with Crippen LogP contribution in [0.25, 0.3) is 0 Å². The molecule has 0 amide bonds. The fourth-order valence-electron chi connectivity index (χ4n) is 2.56. The molecular weight excluding hydrogens is 244 g/mol. The largest absolute Gasteiger partial charge is 0.371 e. The third-order valence-corrected chi connectivity index (χ3v) is 3.55. The van der Waals surface area contributed by atoms with Crippen LogP contribution in [-0.4, -0.2) is 26.4 Å². The second-order valence-corrected chi connectivity index (χ2v) is 6.17. The molecule has 1 aromatic carbocycles. The lowest BCUT2D eigenvalue weighted by atomic mass is 9.90. The number of hydrogen-bond donors (Lipinski definition) is 2. The summed E-state index contributed by atoms with van der Waals surface area (Å²) in [6.45, 7) is 6.54. The molecule has 2 N–H and O–H groups in total. The van der Waals surface area contributed by atoms with E-state index in [0.717, 1.165) is 5.56 Å². The molecule has 98 valence electrons. The maximum Gasteiger partial charge on any atom is 0.171 e. The van der Waals surface area contributed by atoms with Gasteiger partial charge in [-0.15, -0.1) is 0 Å². The van der Waals surface area contributed by atoms with Gasteiger partial charge in [-0.1, -0.05) is 30.3 Å². The highest BCUT2D eigenvalue weighted by atomic mass is 32.1. The molecule has 3 nitrogen and oxygen atoms in total. The van der Waals surface area contributed by atoms with Crippen LogP contribution in [0.4, 0.5) is 0 Å². The van der Waals surface area contributed by atoms with Gasteiger partial charge in [-0.2, -0.15) is 0 Å². The van der Waals surface area contributed by atoms with Crippen molar-refractivity contribution in [1.82, 2.24) is 10.2 Å². The average molecular weight is 264 g/mol. The Bertz CT molecular complexity index is 442. The number of nitrogens with zero attached hydrogens (tertiary/aromatic N) is 1. The van der Waals surface area contributed by atoms with E-state index in [0.29, 0.717) is 18.1 Å². The number of rotatable bonds is 2. The van der Waals surface area contributed by atoms with Crippen molar-refractivity contribution in [3.63, 3.8) is 0 Å². The second kappa shape index (κ2) is 4.52. The number of benzene rings is 1. The van der Waals surface area contributed by atoms with E-state index in [4.69, 9.17) is 12.2 Å². The fraction of sp³-hybridized carbons (Fsp3) is 0.500. The van der Waals surface area contributed by atoms with Crippen molar-refractivity contribution in [2.45, 2.75) is 45.0 Å². The van der Waals surface area contributed by atoms with Gasteiger partial charge in [-0.3, -0.25) is 0 Å². The van der Waals surface area contributed by atoms with Crippen LogP contribution in [0.15, 0.2) is 30.3 Å². The van der Waals surface area contributed by atoms with Crippen molar-refractivity contribution in [3.8, 4) is 0 Å². The van der Waals surface area contributed by atoms with Gasteiger partial charge in [-0.05, 0) is 38.6 Å². The van der Waals surface area contributed by atoms with Crippen LogP contribution in [0.2, 0.25) is 0 Å². The van der Waals surface area contributed by atoms with Crippen molar-refractivity contribution in [2.75, 3.05) is 0 Å². The zero-order valence-electron chi connectivity index (χ0n) is 11.1. The van der Waals surface area contributed by atoms with Crippen LogP contribution >= 0.6 is 12.2 Å². The molecule has 0 aliphatic carbocycles. The lowest BCUT2D eigenvalue weighted by molar-refractivity contribution is -0.0921. The number of hydrogen-bond acceptors (Lipinski definition) is 2. The molecule has 0 saturated carbocycles. The van der Waals surface area contributed by atoms with Gasteiger partial charge >= 0.3 is 0 Å². The van der Waals surface area contributed by atoms with E-state index in [9.17, 15) is 5.11 Å². The average Bonchev–Trinajstić information content (AvgIpc) is 2.23. The molecule has 0 radical (unpaired) electrons. The summed E-state index contributed by atoms with van der Waals surface area (Å²) in [6, 6.07) is 10.1. The summed E-state index contributed by atoms with van der Waals surface area (Å²) >= 11 is 5.38. The smallest absolute Gasteiger partial charge is 0.171 e. The first-order valence-electron chi connectivity index (χ1n) is 6.16. The van der Waals surface area contributed by atoms with E-state index in [1.54, 1.807) is 0 Å². The van der Waals surface area contributed by atoms with Gasteiger partial charge < -0.3 is 15.3 Å². The summed E-state index contributed by atoms with van der Waals surface area (Å²) in [5, 5.41) is 14.5. The predicted molar refractivity (Wildman–Crippen MR) is 77.0 cm³/mol. The Morgan fingerprint density at radius 2 is 1.89 bits per heavy atom. The highest BCUT2D eigenvalue weighted by Crippen LogP contribution is 2.30. The molecule has 1 saturated heterocycles. The molecule has 0 unspecified atom stereocenters. The molecule has 0 bridgehead atoms. The molecule has 4 heteroatoms. The quantitative estimate of drug-likeness (QED) is 0.803. The van der Waals surface area contributed by atoms with E-state index < -0.39 is 5.72 Å². The minimum absolute atomic E-state index is 0.173. The Morgan fingerprint density at radius 1 is 1.28 bits per heavy atom. The Hall–Kier alpha value is -1.13. The van der Waals surface area contributed by atoms with E-state index >= 15 is 0 Å². The van der Waals surface area contributed by atoms with Crippen molar-refractivity contribution in [3.05, 3.63) is 35.9 Å². The number of aliphatic hydroxyl groups is 1. The molecule has 1 fully saturated rings. The molecule has 0 spiro atoms. The fourth-order valence-corrected chi connectivity index (χ4v) is 3.10. The van der Waals surface area contributed by atoms with Gasteiger partial charge in [0.1, 0.15) is 5.72 Å².